The number of carbonyl (C=O) groups excluding carboxylic acids is 1. The van der Waals surface area contributed by atoms with Crippen molar-refractivity contribution in [1.29, 1.82) is 0 Å². The van der Waals surface area contributed by atoms with Crippen LogP contribution in [0.2, 0.25) is 0 Å². The van der Waals surface area contributed by atoms with Crippen molar-refractivity contribution in [3.8, 4) is 28.3 Å². The van der Waals surface area contributed by atoms with Gasteiger partial charge in [-0.3, -0.25) is 5.21 Å². The molecule has 1 saturated heterocycles. The molecule has 0 radical (unpaired) electrons. The topological polar surface area (TPSA) is 79.0 Å². The van der Waals surface area contributed by atoms with Gasteiger partial charge in [-0.2, -0.15) is 0 Å². The second-order valence-electron chi connectivity index (χ2n) is 8.57. The Balaban J connectivity index is 1.63. The van der Waals surface area contributed by atoms with E-state index in [1.54, 1.807) is 38.0 Å². The van der Waals surface area contributed by atoms with E-state index in [1.807, 2.05) is 12.1 Å². The van der Waals surface area contributed by atoms with E-state index < -0.39 is 17.7 Å². The van der Waals surface area contributed by atoms with Gasteiger partial charge in [0.1, 0.15) is 11.4 Å². The van der Waals surface area contributed by atoms with Gasteiger partial charge in [-0.05, 0) is 69.2 Å². The molecule has 0 bridgehead atoms. The number of methoxy groups -OCH3 is 1. The van der Waals surface area contributed by atoms with Gasteiger partial charge in [-0.15, -0.1) is 0 Å². The third-order valence-electron chi connectivity index (χ3n) is 5.99. The first-order valence-corrected chi connectivity index (χ1v) is 11.2. The predicted molar refractivity (Wildman–Crippen MR) is 122 cm³/mol. The summed E-state index contributed by atoms with van der Waals surface area (Å²) < 4.78 is 38.9. The molecular weight excluding hydrogens is 444 g/mol. The van der Waals surface area contributed by atoms with Gasteiger partial charge >= 0.3 is 6.03 Å². The molecule has 0 aliphatic carbocycles. The van der Waals surface area contributed by atoms with Crippen molar-refractivity contribution in [2.24, 2.45) is 0 Å². The minimum atomic E-state index is -0.971. The van der Waals surface area contributed by atoms with Crippen molar-refractivity contribution in [3.63, 3.8) is 0 Å². The number of rotatable bonds is 5. The van der Waals surface area contributed by atoms with Gasteiger partial charge in [0.15, 0.2) is 23.3 Å². The number of hydrogen-bond acceptors (Lipinski definition) is 5. The van der Waals surface area contributed by atoms with Gasteiger partial charge < -0.3 is 14.1 Å². The second kappa shape index (κ2) is 9.80. The number of urea groups is 1. The lowest BCUT2D eigenvalue weighted by molar-refractivity contribution is -0.0815. The maximum absolute atomic E-state index is 14.0. The summed E-state index contributed by atoms with van der Waals surface area (Å²) in [6.07, 6.45) is 1.19. The zero-order valence-corrected chi connectivity index (χ0v) is 19.3. The summed E-state index contributed by atoms with van der Waals surface area (Å²) in [7, 11) is 1.57. The number of amides is 2. The molecule has 0 unspecified atom stereocenters. The summed E-state index contributed by atoms with van der Waals surface area (Å²) in [4.78, 5) is 18.7. The van der Waals surface area contributed by atoms with Crippen LogP contribution >= 0.6 is 0 Å². The molecule has 2 amide bonds. The highest BCUT2D eigenvalue weighted by molar-refractivity contribution is 5.77. The van der Waals surface area contributed by atoms with Crippen LogP contribution in [0, 0.1) is 11.6 Å². The van der Waals surface area contributed by atoms with Crippen LogP contribution in [0.1, 0.15) is 38.5 Å². The third kappa shape index (κ3) is 4.75. The Bertz CT molecular complexity index is 1160. The van der Waals surface area contributed by atoms with Gasteiger partial charge in [0.25, 0.3) is 0 Å². The third-order valence-corrected chi connectivity index (χ3v) is 5.99. The zero-order valence-electron chi connectivity index (χ0n) is 19.3. The van der Waals surface area contributed by atoms with E-state index in [0.717, 1.165) is 22.8 Å². The highest BCUT2D eigenvalue weighted by Crippen LogP contribution is 2.38. The second-order valence-corrected chi connectivity index (χ2v) is 8.57. The number of oxazole rings is 1. The monoisotopic (exact) mass is 471 g/mol. The number of benzene rings is 2. The Hall–Kier alpha value is -3.46. The molecule has 1 aliphatic heterocycles. The van der Waals surface area contributed by atoms with Gasteiger partial charge in [0.2, 0.25) is 0 Å². The lowest BCUT2D eigenvalue weighted by atomic mass is 9.97. The van der Waals surface area contributed by atoms with Crippen molar-refractivity contribution in [2.75, 3.05) is 20.2 Å². The summed E-state index contributed by atoms with van der Waals surface area (Å²) in [6, 6.07) is 10.1. The Labute approximate surface area is 196 Å². The standard InChI is InChI=1S/C25H27F2N3O4/c1-15(2)30(32)25(31)29-12-10-17(11-13-29)24-28-22(16-4-7-19(33-3)8-5-16)23(34-24)18-6-9-20(26)21(27)14-18/h4-9,14-15,17,32H,10-13H2,1-3H3. The van der Waals surface area contributed by atoms with Crippen LogP contribution in [-0.2, 0) is 0 Å². The number of aromatic nitrogens is 1. The number of carbonyl (C=O) groups is 1. The normalized spacial score (nSPS) is 14.5. The van der Waals surface area contributed by atoms with Crippen LogP contribution in [0.4, 0.5) is 13.6 Å². The smallest absolute Gasteiger partial charge is 0.343 e. The number of ether oxygens (including phenoxy) is 1. The highest BCUT2D eigenvalue weighted by atomic mass is 19.2. The molecular formula is C25H27F2N3O4. The summed E-state index contributed by atoms with van der Waals surface area (Å²) in [5, 5.41) is 10.7. The van der Waals surface area contributed by atoms with Crippen molar-refractivity contribution in [3.05, 3.63) is 60.0 Å². The predicted octanol–water partition coefficient (Wildman–Crippen LogP) is 5.69. The largest absolute Gasteiger partial charge is 0.497 e. The lowest BCUT2D eigenvalue weighted by Gasteiger charge is -2.33. The van der Waals surface area contributed by atoms with Crippen LogP contribution in [-0.4, -0.2) is 52.4 Å². The molecule has 4 rings (SSSR count). The highest BCUT2D eigenvalue weighted by Gasteiger charge is 2.31. The fraction of sp³-hybridized carbons (Fsp3) is 0.360. The number of halogens is 2. The van der Waals surface area contributed by atoms with Crippen molar-refractivity contribution < 1.29 is 27.9 Å². The molecule has 1 aliphatic rings. The quantitative estimate of drug-likeness (QED) is 0.382. The number of likely N-dealkylation sites (tertiary alicyclic amines) is 1. The Morgan fingerprint density at radius 1 is 1.12 bits per heavy atom. The fourth-order valence-electron chi connectivity index (χ4n) is 3.97. The van der Waals surface area contributed by atoms with Crippen LogP contribution in [0.5, 0.6) is 5.75 Å². The van der Waals surface area contributed by atoms with Crippen LogP contribution in [0.3, 0.4) is 0 Å². The van der Waals surface area contributed by atoms with E-state index in [2.05, 4.69) is 0 Å². The maximum Gasteiger partial charge on any atom is 0.343 e. The molecule has 7 nitrogen and oxygen atoms in total. The molecule has 2 heterocycles. The van der Waals surface area contributed by atoms with E-state index >= 15 is 0 Å². The Morgan fingerprint density at radius 3 is 2.35 bits per heavy atom. The Morgan fingerprint density at radius 2 is 1.76 bits per heavy atom. The maximum atomic E-state index is 14.0. The summed E-state index contributed by atoms with van der Waals surface area (Å²) >= 11 is 0. The van der Waals surface area contributed by atoms with Crippen molar-refractivity contribution >= 4 is 6.03 Å². The molecule has 180 valence electrons. The van der Waals surface area contributed by atoms with E-state index in [9.17, 15) is 18.8 Å². The number of hydroxylamine groups is 2. The number of piperidine rings is 1. The number of nitrogens with zero attached hydrogens (tertiary/aromatic N) is 3. The lowest BCUT2D eigenvalue weighted by Crippen LogP contribution is -2.47. The minimum absolute atomic E-state index is 0.0636. The van der Waals surface area contributed by atoms with Gasteiger partial charge in [0.05, 0.1) is 13.2 Å². The van der Waals surface area contributed by atoms with E-state index in [0.29, 0.717) is 54.6 Å². The molecule has 0 spiro atoms. The summed E-state index contributed by atoms with van der Waals surface area (Å²) in [5.74, 6) is -0.474. The molecule has 3 aromatic rings. The molecule has 9 heteroatoms. The van der Waals surface area contributed by atoms with E-state index in [-0.39, 0.29) is 12.0 Å². The average molecular weight is 472 g/mol. The van der Waals surface area contributed by atoms with Crippen LogP contribution in [0.25, 0.3) is 22.6 Å². The zero-order chi connectivity index (χ0) is 24.4. The average Bonchev–Trinajstić information content (AvgIpc) is 3.30. The van der Waals surface area contributed by atoms with E-state index in [4.69, 9.17) is 14.1 Å². The van der Waals surface area contributed by atoms with Gasteiger partial charge in [0, 0.05) is 30.1 Å². The molecule has 34 heavy (non-hydrogen) atoms. The molecule has 0 atom stereocenters. The first-order chi connectivity index (χ1) is 16.3. The Kier molecular flexibility index (Phi) is 6.83. The first kappa shape index (κ1) is 23.7. The van der Waals surface area contributed by atoms with E-state index in [1.165, 1.54) is 6.07 Å². The summed E-state index contributed by atoms with van der Waals surface area (Å²) in [6.45, 7) is 4.35. The van der Waals surface area contributed by atoms with Crippen LogP contribution in [0.15, 0.2) is 46.9 Å². The van der Waals surface area contributed by atoms with Crippen LogP contribution < -0.4 is 4.74 Å². The first-order valence-electron chi connectivity index (χ1n) is 11.2. The molecule has 0 saturated carbocycles. The fourth-order valence-corrected chi connectivity index (χ4v) is 3.97. The number of hydrogen-bond donors (Lipinski definition) is 1. The van der Waals surface area contributed by atoms with Crippen molar-refractivity contribution in [1.82, 2.24) is 14.9 Å². The molecule has 1 fully saturated rings. The molecule has 1 N–H and O–H groups in total. The van der Waals surface area contributed by atoms with Crippen molar-refractivity contribution in [2.45, 2.75) is 38.6 Å². The minimum Gasteiger partial charge on any atom is -0.497 e. The van der Waals surface area contributed by atoms with Gasteiger partial charge in [-0.25, -0.2) is 23.6 Å². The van der Waals surface area contributed by atoms with Gasteiger partial charge in [-0.1, -0.05) is 0 Å². The molecule has 1 aromatic heterocycles. The SMILES string of the molecule is COc1ccc(-c2nc(C3CCN(C(=O)N(O)C(C)C)CC3)oc2-c2ccc(F)c(F)c2)cc1. The molecule has 2 aromatic carbocycles. The summed E-state index contributed by atoms with van der Waals surface area (Å²) in [5.41, 5.74) is 1.64.